The minimum absolute atomic E-state index is 0.156. The summed E-state index contributed by atoms with van der Waals surface area (Å²) in [5.74, 6) is 1.08. The number of rotatable bonds is 9. The summed E-state index contributed by atoms with van der Waals surface area (Å²) >= 11 is 2.45. The zero-order chi connectivity index (χ0) is 27.4. The number of thiophene rings is 1. The van der Waals surface area contributed by atoms with Crippen LogP contribution in [0.15, 0.2) is 46.1 Å². The van der Waals surface area contributed by atoms with Gasteiger partial charge in [0.2, 0.25) is 5.75 Å². The van der Waals surface area contributed by atoms with Crippen molar-refractivity contribution in [1.82, 2.24) is 5.32 Å². The molecule has 200 valence electrons. The summed E-state index contributed by atoms with van der Waals surface area (Å²) in [6.07, 6.45) is 2.90. The molecule has 0 spiro atoms. The van der Waals surface area contributed by atoms with Crippen molar-refractivity contribution in [2.45, 2.75) is 30.4 Å². The Balaban J connectivity index is 1.82. The van der Waals surface area contributed by atoms with Gasteiger partial charge in [-0.1, -0.05) is 6.07 Å². The van der Waals surface area contributed by atoms with Gasteiger partial charge in [-0.3, -0.25) is 9.59 Å². The van der Waals surface area contributed by atoms with Crippen LogP contribution in [0.3, 0.4) is 0 Å². The summed E-state index contributed by atoms with van der Waals surface area (Å²) in [6.45, 7) is -0.233. The number of hydrogen-bond acceptors (Lipinski definition) is 10. The fourth-order valence-electron chi connectivity index (χ4n) is 4.54. The molecule has 0 aliphatic heterocycles. The number of nitrogens with zero attached hydrogens (tertiary/aromatic N) is 1. The molecule has 1 heterocycles. The highest BCUT2D eigenvalue weighted by Gasteiger charge is 2.30. The van der Waals surface area contributed by atoms with Crippen LogP contribution in [0.4, 0.5) is 0 Å². The molecule has 12 heteroatoms. The van der Waals surface area contributed by atoms with Gasteiger partial charge in [-0.05, 0) is 66.1 Å². The number of aryl methyl sites for hydroxylation is 1. The maximum absolute atomic E-state index is 13.2. The van der Waals surface area contributed by atoms with Crippen molar-refractivity contribution in [1.29, 1.82) is 0 Å². The second-order valence-electron chi connectivity index (χ2n) is 8.29. The van der Waals surface area contributed by atoms with Crippen LogP contribution in [0.1, 0.15) is 38.1 Å². The van der Waals surface area contributed by atoms with Crippen LogP contribution < -0.4 is 25.0 Å². The summed E-state index contributed by atoms with van der Waals surface area (Å²) in [5.41, 5.74) is 2.94. The number of nitrogens with one attached hydrogen (secondary N) is 1. The molecule has 1 N–H and O–H groups in total. The van der Waals surface area contributed by atoms with Crippen LogP contribution >= 0.6 is 23.1 Å². The first kappa shape index (κ1) is 27.3. The molecule has 38 heavy (non-hydrogen) atoms. The molecular formula is C26H26N2O8S2. The number of carbonyl (C=O) groups excluding carboxylic acids is 1. The van der Waals surface area contributed by atoms with E-state index in [2.05, 4.69) is 10.2 Å². The summed E-state index contributed by atoms with van der Waals surface area (Å²) in [4.78, 5) is 42.7. The van der Waals surface area contributed by atoms with E-state index < -0.39 is 11.1 Å². The fourth-order valence-corrected chi connectivity index (χ4v) is 5.82. The molecule has 0 saturated carbocycles. The lowest BCUT2D eigenvalue weighted by molar-refractivity contribution is -0.762. The van der Waals surface area contributed by atoms with Crippen LogP contribution in [-0.2, 0) is 17.9 Å². The van der Waals surface area contributed by atoms with Gasteiger partial charge in [0, 0.05) is 10.4 Å². The third-order valence-electron chi connectivity index (χ3n) is 6.22. The Labute approximate surface area is 227 Å². The predicted octanol–water partition coefficient (Wildman–Crippen LogP) is 4.65. The zero-order valence-corrected chi connectivity index (χ0v) is 22.8. The number of ether oxygens (including phenoxy) is 3. The number of benzene rings is 1. The van der Waals surface area contributed by atoms with Crippen LogP contribution in [0, 0.1) is 10.1 Å². The van der Waals surface area contributed by atoms with E-state index in [4.69, 9.17) is 14.2 Å². The molecule has 0 fully saturated rings. The van der Waals surface area contributed by atoms with E-state index in [-0.39, 0.29) is 17.9 Å². The second kappa shape index (κ2) is 11.7. The summed E-state index contributed by atoms with van der Waals surface area (Å²) < 4.78 is 17.0. The number of methoxy groups -OCH3 is 3. The molecular weight excluding hydrogens is 532 g/mol. The van der Waals surface area contributed by atoms with Gasteiger partial charge in [-0.25, -0.2) is 0 Å². The molecule has 1 aromatic heterocycles. The van der Waals surface area contributed by atoms with Crippen LogP contribution in [-0.4, -0.2) is 38.6 Å². The lowest BCUT2D eigenvalue weighted by Gasteiger charge is -2.20. The molecule has 2 aromatic carbocycles. The van der Waals surface area contributed by atoms with Crippen molar-refractivity contribution in [2.24, 2.45) is 0 Å². The second-order valence-corrected chi connectivity index (χ2v) is 10.3. The average Bonchev–Trinajstić information content (AvgIpc) is 3.27. The van der Waals surface area contributed by atoms with Crippen molar-refractivity contribution in [3.8, 4) is 28.4 Å². The predicted molar refractivity (Wildman–Crippen MR) is 144 cm³/mol. The Morgan fingerprint density at radius 3 is 2.55 bits per heavy atom. The quantitative estimate of drug-likeness (QED) is 0.227. The molecule has 10 nitrogen and oxygen atoms in total. The first-order valence-corrected chi connectivity index (χ1v) is 13.6. The highest BCUT2D eigenvalue weighted by Crippen LogP contribution is 2.50. The highest BCUT2D eigenvalue weighted by atomic mass is 32.2. The minimum Gasteiger partial charge on any atom is -0.493 e. The highest BCUT2D eigenvalue weighted by molar-refractivity contribution is 7.98. The number of fused-ring (bicyclic) bond motifs is 3. The fraction of sp³-hybridized carbons (Fsp3) is 0.308. The summed E-state index contributed by atoms with van der Waals surface area (Å²) in [7, 11) is 4.64. The average molecular weight is 559 g/mol. The standard InChI is InChI=1S/C26H26N2O8S2/c1-33-20-11-14-5-8-18(27-26(30)22-9-6-15(38-22)13-36-28(31)32)17-12-19(29)21(37-4)10-7-16(17)23(14)25(35-3)24(20)34-2/h6-7,9-12,18H,5,8,13H2,1-4H3,(H,27,30)/t18-/m0/s1. The van der Waals surface area contributed by atoms with Gasteiger partial charge >= 0.3 is 0 Å². The van der Waals surface area contributed by atoms with Gasteiger partial charge in [0.1, 0.15) is 6.61 Å². The third-order valence-corrected chi connectivity index (χ3v) is 8.06. The maximum Gasteiger partial charge on any atom is 0.294 e. The van der Waals surface area contributed by atoms with Gasteiger partial charge in [0.05, 0.1) is 37.1 Å². The number of amides is 1. The van der Waals surface area contributed by atoms with E-state index in [1.54, 1.807) is 38.5 Å². The Hall–Kier alpha value is -3.77. The van der Waals surface area contributed by atoms with Gasteiger partial charge in [0.15, 0.2) is 16.9 Å². The Kier molecular flexibility index (Phi) is 8.42. The largest absolute Gasteiger partial charge is 0.493 e. The van der Waals surface area contributed by atoms with E-state index in [1.165, 1.54) is 18.9 Å². The minimum atomic E-state index is -0.874. The van der Waals surface area contributed by atoms with Crippen molar-refractivity contribution >= 4 is 29.0 Å². The lowest BCUT2D eigenvalue weighted by Crippen LogP contribution is -2.28. The topological polar surface area (TPSA) is 126 Å². The molecule has 1 aliphatic rings. The summed E-state index contributed by atoms with van der Waals surface area (Å²) in [5, 5.41) is 12.7. The number of carbonyl (C=O) groups is 1. The maximum atomic E-state index is 13.2. The summed E-state index contributed by atoms with van der Waals surface area (Å²) in [6, 6.07) is 9.83. The van der Waals surface area contributed by atoms with Gasteiger partial charge < -0.3 is 24.4 Å². The molecule has 1 aliphatic carbocycles. The van der Waals surface area contributed by atoms with Gasteiger partial charge in [0.25, 0.3) is 11.0 Å². The van der Waals surface area contributed by atoms with E-state index in [0.717, 1.165) is 28.0 Å². The molecule has 0 unspecified atom stereocenters. The molecule has 4 rings (SSSR count). The Bertz CT molecular complexity index is 1440. The Morgan fingerprint density at radius 1 is 1.13 bits per heavy atom. The smallest absolute Gasteiger partial charge is 0.294 e. The van der Waals surface area contributed by atoms with E-state index >= 15 is 0 Å². The van der Waals surface area contributed by atoms with Crippen molar-refractivity contribution in [2.75, 3.05) is 27.6 Å². The van der Waals surface area contributed by atoms with Crippen molar-refractivity contribution < 1.29 is 28.9 Å². The van der Waals surface area contributed by atoms with E-state index in [0.29, 0.717) is 50.3 Å². The SMILES string of the molecule is COc1cc2c(c(OC)c1OC)-c1ccc(SC)c(=O)cc1[C@@H](NC(=O)c1ccc(CO[N+](=O)[O-])s1)CC2. The van der Waals surface area contributed by atoms with Crippen molar-refractivity contribution in [3.63, 3.8) is 0 Å². The molecule has 0 saturated heterocycles. The van der Waals surface area contributed by atoms with Crippen LogP contribution in [0.2, 0.25) is 0 Å². The number of thioether (sulfide) groups is 1. The Morgan fingerprint density at radius 2 is 1.89 bits per heavy atom. The molecule has 0 bridgehead atoms. The first-order valence-electron chi connectivity index (χ1n) is 11.5. The molecule has 1 amide bonds. The van der Waals surface area contributed by atoms with Crippen LogP contribution in [0.5, 0.6) is 17.2 Å². The molecule has 3 aromatic rings. The number of hydrogen-bond donors (Lipinski definition) is 1. The normalized spacial score (nSPS) is 13.9. The monoisotopic (exact) mass is 558 g/mol. The first-order chi connectivity index (χ1) is 18.3. The van der Waals surface area contributed by atoms with Crippen molar-refractivity contribution in [3.05, 3.63) is 77.6 Å². The zero-order valence-electron chi connectivity index (χ0n) is 21.2. The molecule has 0 radical (unpaired) electrons. The lowest BCUT2D eigenvalue weighted by atomic mass is 9.95. The van der Waals surface area contributed by atoms with E-state index in [1.807, 2.05) is 18.4 Å². The van der Waals surface area contributed by atoms with Gasteiger partial charge in [-0.2, -0.15) is 0 Å². The van der Waals surface area contributed by atoms with Gasteiger partial charge in [-0.15, -0.1) is 33.2 Å². The third kappa shape index (κ3) is 5.41. The van der Waals surface area contributed by atoms with E-state index in [9.17, 15) is 19.7 Å². The molecule has 1 atom stereocenters. The van der Waals surface area contributed by atoms with Crippen LogP contribution in [0.25, 0.3) is 11.1 Å².